The number of H-pyrrole nitrogens is 1. The molecule has 8 nitrogen and oxygen atoms in total. The minimum atomic E-state index is -4.88. The van der Waals surface area contributed by atoms with Crippen LogP contribution < -0.4 is 10.5 Å². The Balaban J connectivity index is 2.42. The highest BCUT2D eigenvalue weighted by atomic mass is 32.3. The van der Waals surface area contributed by atoms with Gasteiger partial charge in [0.15, 0.2) is 5.69 Å². The molecule has 2 N–H and O–H groups in total. The minimum Gasteiger partial charge on any atom is -0.492 e. The first-order valence-electron chi connectivity index (χ1n) is 4.81. The van der Waals surface area contributed by atoms with Crippen molar-refractivity contribution in [3.63, 3.8) is 0 Å². The Morgan fingerprint density at radius 1 is 1.50 bits per heavy atom. The molecule has 1 aliphatic rings. The molecule has 1 aliphatic heterocycles. The molecule has 1 saturated heterocycles. The fourth-order valence-corrected chi connectivity index (χ4v) is 2.37. The smallest absolute Gasteiger partial charge is 0.307 e. The molecule has 0 aromatic carbocycles. The van der Waals surface area contributed by atoms with Gasteiger partial charge in [-0.05, 0) is 0 Å². The highest BCUT2D eigenvalue weighted by Gasteiger charge is 2.41. The largest absolute Gasteiger partial charge is 0.492 e. The molecular formula is C8H8FN3O5S. The normalized spacial score (nSPS) is 20.4. The molecule has 1 aromatic heterocycles. The van der Waals surface area contributed by atoms with Gasteiger partial charge in [0.25, 0.3) is 5.56 Å². The number of carbonyl (C=O) groups excluding carboxylic acids is 1. The van der Waals surface area contributed by atoms with Gasteiger partial charge in [-0.25, -0.2) is 4.98 Å². The molecule has 0 bridgehead atoms. The number of nitrogens with one attached hydrogen (secondary N) is 1. The van der Waals surface area contributed by atoms with Crippen LogP contribution in [0.25, 0.3) is 0 Å². The van der Waals surface area contributed by atoms with Crippen molar-refractivity contribution >= 4 is 21.8 Å². The zero-order valence-electron chi connectivity index (χ0n) is 8.83. The molecule has 1 unspecified atom stereocenters. The van der Waals surface area contributed by atoms with E-state index in [1.165, 1.54) is 0 Å². The number of amides is 1. The minimum absolute atomic E-state index is 0.478. The molecule has 1 fully saturated rings. The van der Waals surface area contributed by atoms with E-state index in [9.17, 15) is 27.0 Å². The van der Waals surface area contributed by atoms with Gasteiger partial charge in [0.2, 0.25) is 11.8 Å². The number of aromatic hydroxyl groups is 1. The van der Waals surface area contributed by atoms with Crippen LogP contribution >= 0.6 is 0 Å². The third kappa shape index (κ3) is 2.06. The second kappa shape index (κ2) is 4.05. The van der Waals surface area contributed by atoms with E-state index in [1.54, 1.807) is 0 Å². The lowest BCUT2D eigenvalue weighted by Crippen LogP contribution is -2.32. The predicted molar refractivity (Wildman–Crippen MR) is 57.3 cm³/mol. The summed E-state index contributed by atoms with van der Waals surface area (Å²) in [4.78, 5) is 29.2. The van der Waals surface area contributed by atoms with Crippen LogP contribution in [0.15, 0.2) is 11.1 Å². The van der Waals surface area contributed by atoms with E-state index in [-0.39, 0.29) is 0 Å². The fraction of sp³-hybridized carbons (Fsp3) is 0.375. The first-order chi connectivity index (χ1) is 8.30. The molecule has 1 atom stereocenters. The van der Waals surface area contributed by atoms with Crippen molar-refractivity contribution in [1.82, 2.24) is 9.97 Å². The molecule has 18 heavy (non-hydrogen) atoms. The number of rotatable bonds is 2. The highest BCUT2D eigenvalue weighted by Crippen LogP contribution is 2.27. The lowest BCUT2D eigenvalue weighted by Gasteiger charge is -2.14. The number of nitrogens with zero attached hydrogens (tertiary/aromatic N) is 2. The van der Waals surface area contributed by atoms with Crippen molar-refractivity contribution < 1.29 is 22.2 Å². The quantitative estimate of drug-likeness (QED) is 0.660. The molecule has 2 heterocycles. The first-order valence-corrected chi connectivity index (χ1v) is 6.26. The summed E-state index contributed by atoms with van der Waals surface area (Å²) in [5.41, 5.74) is -1.29. The zero-order valence-corrected chi connectivity index (χ0v) is 9.65. The molecule has 2 rings (SSSR count). The van der Waals surface area contributed by atoms with Crippen molar-refractivity contribution in [2.24, 2.45) is 0 Å². The van der Waals surface area contributed by atoms with Crippen molar-refractivity contribution in [2.45, 2.75) is 11.7 Å². The number of aromatic nitrogens is 2. The van der Waals surface area contributed by atoms with Gasteiger partial charge < -0.3 is 15.0 Å². The Bertz CT molecular complexity index is 655. The summed E-state index contributed by atoms with van der Waals surface area (Å²) in [6.45, 7) is -0.528. The Hall–Kier alpha value is -1.97. The third-order valence-corrected chi connectivity index (χ3v) is 3.68. The van der Waals surface area contributed by atoms with Gasteiger partial charge in [-0.1, -0.05) is 0 Å². The van der Waals surface area contributed by atoms with E-state index >= 15 is 0 Å². The number of aromatic amines is 1. The van der Waals surface area contributed by atoms with Gasteiger partial charge in [-0.2, -0.15) is 8.42 Å². The summed E-state index contributed by atoms with van der Waals surface area (Å²) in [5.74, 6) is -1.49. The molecule has 98 valence electrons. The second-order valence-corrected chi connectivity index (χ2v) is 5.33. The number of halogens is 1. The van der Waals surface area contributed by atoms with E-state index in [4.69, 9.17) is 0 Å². The van der Waals surface area contributed by atoms with Crippen LogP contribution in [0.2, 0.25) is 0 Å². The van der Waals surface area contributed by atoms with E-state index in [0.717, 1.165) is 6.33 Å². The van der Waals surface area contributed by atoms with Crippen LogP contribution in [0, 0.1) is 0 Å². The molecule has 0 aliphatic carbocycles. The lowest BCUT2D eigenvalue weighted by atomic mass is 10.4. The molecule has 0 saturated carbocycles. The summed E-state index contributed by atoms with van der Waals surface area (Å²) in [7, 11) is -4.88. The topological polar surface area (TPSA) is 120 Å². The van der Waals surface area contributed by atoms with Gasteiger partial charge in [0.05, 0.1) is 6.33 Å². The maximum absolute atomic E-state index is 12.8. The van der Waals surface area contributed by atoms with E-state index in [0.29, 0.717) is 4.90 Å². The van der Waals surface area contributed by atoms with E-state index in [1.807, 2.05) is 0 Å². The predicted octanol–water partition coefficient (Wildman–Crippen LogP) is -1.12. The van der Waals surface area contributed by atoms with Crippen LogP contribution in [0.4, 0.5) is 9.57 Å². The van der Waals surface area contributed by atoms with Crippen molar-refractivity contribution in [1.29, 1.82) is 0 Å². The van der Waals surface area contributed by atoms with Gasteiger partial charge in [0.1, 0.15) is 5.25 Å². The molecule has 0 spiro atoms. The highest BCUT2D eigenvalue weighted by molar-refractivity contribution is 7.87. The number of anilines is 1. The maximum atomic E-state index is 12.8. The van der Waals surface area contributed by atoms with Crippen molar-refractivity contribution in [3.05, 3.63) is 16.7 Å². The Labute approximate surface area is 100 Å². The Morgan fingerprint density at radius 2 is 2.17 bits per heavy atom. The Morgan fingerprint density at radius 3 is 2.67 bits per heavy atom. The van der Waals surface area contributed by atoms with Gasteiger partial charge in [0, 0.05) is 13.0 Å². The number of carbonyl (C=O) groups is 1. The number of hydrogen-bond donors (Lipinski definition) is 2. The summed E-state index contributed by atoms with van der Waals surface area (Å²) in [6.07, 6.45) is 0.345. The van der Waals surface area contributed by atoms with Gasteiger partial charge in [-0.3, -0.25) is 9.59 Å². The average Bonchev–Trinajstić information content (AvgIpc) is 2.60. The second-order valence-electron chi connectivity index (χ2n) is 3.71. The summed E-state index contributed by atoms with van der Waals surface area (Å²) in [5, 5.41) is 7.85. The fourth-order valence-electron chi connectivity index (χ4n) is 1.71. The summed E-state index contributed by atoms with van der Waals surface area (Å²) >= 11 is 0. The SMILES string of the molecule is O=C1CC(S(=O)(=O)F)CN1c1c(O)nc[nH]c1=O. The van der Waals surface area contributed by atoms with Crippen LogP contribution in [0.1, 0.15) is 6.42 Å². The number of hydrogen-bond acceptors (Lipinski definition) is 6. The molecule has 1 amide bonds. The van der Waals surface area contributed by atoms with Crippen LogP contribution in [-0.4, -0.2) is 41.2 Å². The van der Waals surface area contributed by atoms with Crippen LogP contribution in [0.5, 0.6) is 5.88 Å². The standard InChI is InChI=1S/C8H8FN3O5S/c9-18(16,17)4-1-5(13)12(2-4)6-7(14)10-3-11-8(6)15/h3-4H,1-2H2,(H2,10,11,14,15). The van der Waals surface area contributed by atoms with Gasteiger partial charge >= 0.3 is 10.2 Å². The van der Waals surface area contributed by atoms with Gasteiger partial charge in [-0.15, -0.1) is 3.89 Å². The molecule has 0 radical (unpaired) electrons. The molecule has 10 heteroatoms. The zero-order chi connectivity index (χ0) is 13.5. The van der Waals surface area contributed by atoms with Crippen LogP contribution in [-0.2, 0) is 15.0 Å². The average molecular weight is 277 g/mol. The maximum Gasteiger partial charge on any atom is 0.307 e. The van der Waals surface area contributed by atoms with E-state index in [2.05, 4.69) is 9.97 Å². The monoisotopic (exact) mass is 277 g/mol. The summed E-state index contributed by atoms with van der Waals surface area (Å²) < 4.78 is 34.2. The first kappa shape index (κ1) is 12.5. The third-order valence-electron chi connectivity index (χ3n) is 2.57. The van der Waals surface area contributed by atoms with Crippen LogP contribution in [0.3, 0.4) is 0 Å². The van der Waals surface area contributed by atoms with Crippen molar-refractivity contribution in [3.8, 4) is 5.88 Å². The van der Waals surface area contributed by atoms with E-state index < -0.39 is 51.5 Å². The lowest BCUT2D eigenvalue weighted by molar-refractivity contribution is -0.117. The summed E-state index contributed by atoms with van der Waals surface area (Å²) in [6, 6.07) is 0. The van der Waals surface area contributed by atoms with Crippen molar-refractivity contribution in [2.75, 3.05) is 11.4 Å². The molecular weight excluding hydrogens is 269 g/mol. The Kier molecular flexibility index (Phi) is 2.81. The molecule has 1 aromatic rings.